The van der Waals surface area contributed by atoms with E-state index >= 15 is 0 Å². The van der Waals surface area contributed by atoms with Crippen LogP contribution in [0.3, 0.4) is 0 Å². The molecule has 0 aliphatic rings. The molecule has 1 atom stereocenters. The van der Waals surface area contributed by atoms with Crippen molar-refractivity contribution in [1.29, 1.82) is 0 Å². The van der Waals surface area contributed by atoms with E-state index in [0.717, 1.165) is 11.3 Å². The van der Waals surface area contributed by atoms with Gasteiger partial charge < -0.3 is 10.1 Å². The summed E-state index contributed by atoms with van der Waals surface area (Å²) in [6.07, 6.45) is 0.351. The van der Waals surface area contributed by atoms with Gasteiger partial charge in [-0.2, -0.15) is 0 Å². The summed E-state index contributed by atoms with van der Waals surface area (Å²) in [6, 6.07) is 15.9. The Labute approximate surface area is 132 Å². The topological polar surface area (TPSA) is 38.3 Å². The first kappa shape index (κ1) is 16.1. The molecule has 0 radical (unpaired) electrons. The summed E-state index contributed by atoms with van der Waals surface area (Å²) in [7, 11) is 0. The minimum absolute atomic E-state index is 0.00265. The van der Waals surface area contributed by atoms with Crippen LogP contribution in [0.1, 0.15) is 36.1 Å². The Kier molecular flexibility index (Phi) is 5.59. The highest BCUT2D eigenvalue weighted by Crippen LogP contribution is 2.16. The van der Waals surface area contributed by atoms with Gasteiger partial charge in [-0.05, 0) is 44.0 Å². The zero-order valence-corrected chi connectivity index (χ0v) is 13.4. The van der Waals surface area contributed by atoms with Gasteiger partial charge in [0.1, 0.15) is 5.75 Å². The number of rotatable bonds is 6. The Balaban J connectivity index is 1.78. The molecule has 22 heavy (non-hydrogen) atoms. The molecule has 3 nitrogen and oxygen atoms in total. The normalized spacial score (nSPS) is 11.8. The van der Waals surface area contributed by atoms with Gasteiger partial charge in [-0.3, -0.25) is 4.79 Å². The Morgan fingerprint density at radius 1 is 1.09 bits per heavy atom. The number of amides is 1. The average molecular weight is 297 g/mol. The van der Waals surface area contributed by atoms with Crippen molar-refractivity contribution >= 4 is 5.91 Å². The molecule has 2 rings (SSSR count). The molecular formula is C19H23NO2. The predicted octanol–water partition coefficient (Wildman–Crippen LogP) is 3.95. The van der Waals surface area contributed by atoms with Crippen molar-refractivity contribution in [3.05, 3.63) is 65.2 Å². The van der Waals surface area contributed by atoms with E-state index in [9.17, 15) is 4.79 Å². The summed E-state index contributed by atoms with van der Waals surface area (Å²) in [6.45, 7) is 6.47. The van der Waals surface area contributed by atoms with E-state index in [0.29, 0.717) is 13.0 Å². The van der Waals surface area contributed by atoms with Crippen molar-refractivity contribution in [3.63, 3.8) is 0 Å². The second-order valence-corrected chi connectivity index (χ2v) is 5.56. The van der Waals surface area contributed by atoms with Crippen LogP contribution >= 0.6 is 0 Å². The molecule has 1 N–H and O–H groups in total. The van der Waals surface area contributed by atoms with Crippen LogP contribution in [0.4, 0.5) is 0 Å². The van der Waals surface area contributed by atoms with E-state index in [1.165, 1.54) is 11.1 Å². The second kappa shape index (κ2) is 7.64. The fraction of sp³-hybridized carbons (Fsp3) is 0.316. The molecule has 0 saturated carbocycles. The summed E-state index contributed by atoms with van der Waals surface area (Å²) in [5.41, 5.74) is 3.53. The van der Waals surface area contributed by atoms with Crippen molar-refractivity contribution in [2.75, 3.05) is 6.61 Å². The second-order valence-electron chi connectivity index (χ2n) is 5.56. The minimum Gasteiger partial charge on any atom is -0.493 e. The third kappa shape index (κ3) is 4.62. The predicted molar refractivity (Wildman–Crippen MR) is 89.0 cm³/mol. The minimum atomic E-state index is 0.00265. The highest BCUT2D eigenvalue weighted by molar-refractivity contribution is 5.76. The molecule has 0 fully saturated rings. The van der Waals surface area contributed by atoms with E-state index in [1.54, 1.807) is 0 Å². The van der Waals surface area contributed by atoms with Gasteiger partial charge in [0.25, 0.3) is 0 Å². The number of nitrogens with one attached hydrogen (secondary N) is 1. The Bertz CT molecular complexity index is 620. The summed E-state index contributed by atoms with van der Waals surface area (Å²) in [5, 5.41) is 3.01. The van der Waals surface area contributed by atoms with Crippen LogP contribution in [-0.2, 0) is 4.79 Å². The van der Waals surface area contributed by atoms with E-state index in [2.05, 4.69) is 18.3 Å². The van der Waals surface area contributed by atoms with Crippen molar-refractivity contribution in [1.82, 2.24) is 5.32 Å². The van der Waals surface area contributed by atoms with Gasteiger partial charge in [0.15, 0.2) is 0 Å². The highest BCUT2D eigenvalue weighted by Gasteiger charge is 2.11. The van der Waals surface area contributed by atoms with Crippen molar-refractivity contribution < 1.29 is 9.53 Å². The van der Waals surface area contributed by atoms with Crippen LogP contribution < -0.4 is 10.1 Å². The number of hydrogen-bond donors (Lipinski definition) is 1. The van der Waals surface area contributed by atoms with Gasteiger partial charge >= 0.3 is 0 Å². The highest BCUT2D eigenvalue weighted by atomic mass is 16.5. The van der Waals surface area contributed by atoms with Gasteiger partial charge in [0, 0.05) is 0 Å². The van der Waals surface area contributed by atoms with Gasteiger partial charge in [0.05, 0.1) is 19.1 Å². The average Bonchev–Trinajstić information content (AvgIpc) is 2.49. The van der Waals surface area contributed by atoms with Crippen LogP contribution in [0.5, 0.6) is 5.75 Å². The van der Waals surface area contributed by atoms with E-state index in [-0.39, 0.29) is 11.9 Å². The molecule has 0 spiro atoms. The fourth-order valence-electron chi connectivity index (χ4n) is 2.36. The molecule has 2 aromatic rings. The standard InChI is InChI=1S/C19H23NO2/c1-14-8-10-17(11-9-14)22-13-12-19(21)20-16(3)18-7-5-4-6-15(18)2/h4-11,16H,12-13H2,1-3H3,(H,20,21). The third-order valence-corrected chi connectivity index (χ3v) is 3.65. The lowest BCUT2D eigenvalue weighted by Crippen LogP contribution is -2.28. The zero-order valence-electron chi connectivity index (χ0n) is 13.4. The SMILES string of the molecule is Cc1ccc(OCCC(=O)NC(C)c2ccccc2C)cc1. The number of benzene rings is 2. The van der Waals surface area contributed by atoms with Crippen molar-refractivity contribution in [3.8, 4) is 5.75 Å². The molecule has 0 bridgehead atoms. The first-order valence-electron chi connectivity index (χ1n) is 7.60. The largest absolute Gasteiger partial charge is 0.493 e. The molecule has 0 heterocycles. The molecule has 0 saturated heterocycles. The van der Waals surface area contributed by atoms with Gasteiger partial charge in [-0.15, -0.1) is 0 Å². The van der Waals surface area contributed by atoms with Crippen LogP contribution in [0.15, 0.2) is 48.5 Å². The molecule has 3 heteroatoms. The van der Waals surface area contributed by atoms with Gasteiger partial charge in [-0.25, -0.2) is 0 Å². The maximum Gasteiger partial charge on any atom is 0.223 e. The Morgan fingerprint density at radius 2 is 1.77 bits per heavy atom. The molecule has 0 aliphatic heterocycles. The maximum atomic E-state index is 12.0. The quantitative estimate of drug-likeness (QED) is 0.876. The fourth-order valence-corrected chi connectivity index (χ4v) is 2.36. The number of ether oxygens (including phenoxy) is 1. The smallest absolute Gasteiger partial charge is 0.223 e. The Hall–Kier alpha value is -2.29. The lowest BCUT2D eigenvalue weighted by atomic mass is 10.0. The van der Waals surface area contributed by atoms with Crippen LogP contribution in [0.2, 0.25) is 0 Å². The first-order valence-corrected chi connectivity index (χ1v) is 7.60. The van der Waals surface area contributed by atoms with Gasteiger partial charge in [-0.1, -0.05) is 42.0 Å². The Morgan fingerprint density at radius 3 is 2.45 bits per heavy atom. The zero-order chi connectivity index (χ0) is 15.9. The third-order valence-electron chi connectivity index (χ3n) is 3.65. The van der Waals surface area contributed by atoms with Crippen LogP contribution in [-0.4, -0.2) is 12.5 Å². The summed E-state index contributed by atoms with van der Waals surface area (Å²) in [5.74, 6) is 0.799. The number of hydrogen-bond acceptors (Lipinski definition) is 2. The number of carbonyl (C=O) groups excluding carboxylic acids is 1. The number of carbonyl (C=O) groups is 1. The van der Waals surface area contributed by atoms with E-state index < -0.39 is 0 Å². The maximum absolute atomic E-state index is 12.0. The van der Waals surface area contributed by atoms with Crippen LogP contribution in [0, 0.1) is 13.8 Å². The summed E-state index contributed by atoms with van der Waals surface area (Å²) >= 11 is 0. The molecule has 1 unspecified atom stereocenters. The number of aryl methyl sites for hydroxylation is 2. The van der Waals surface area contributed by atoms with Crippen molar-refractivity contribution in [2.45, 2.75) is 33.2 Å². The van der Waals surface area contributed by atoms with E-state index in [4.69, 9.17) is 4.74 Å². The summed E-state index contributed by atoms with van der Waals surface area (Å²) in [4.78, 5) is 12.0. The first-order chi connectivity index (χ1) is 10.6. The molecule has 0 aromatic heterocycles. The molecule has 116 valence electrons. The molecule has 2 aromatic carbocycles. The van der Waals surface area contributed by atoms with Crippen LogP contribution in [0.25, 0.3) is 0 Å². The molecular weight excluding hydrogens is 274 g/mol. The molecule has 1 amide bonds. The van der Waals surface area contributed by atoms with E-state index in [1.807, 2.05) is 56.3 Å². The summed E-state index contributed by atoms with van der Waals surface area (Å²) < 4.78 is 5.58. The lowest BCUT2D eigenvalue weighted by Gasteiger charge is -2.16. The molecule has 0 aliphatic carbocycles. The van der Waals surface area contributed by atoms with Crippen molar-refractivity contribution in [2.24, 2.45) is 0 Å². The monoisotopic (exact) mass is 297 g/mol. The van der Waals surface area contributed by atoms with Gasteiger partial charge in [0.2, 0.25) is 5.91 Å². The lowest BCUT2D eigenvalue weighted by molar-refractivity contribution is -0.122.